The number of benzene rings is 3. The molecule has 5 aromatic rings. The molecule has 0 spiro atoms. The Labute approximate surface area is 414 Å². The lowest BCUT2D eigenvalue weighted by atomic mass is 10.1. The fourth-order valence-electron chi connectivity index (χ4n) is 7.53. The minimum atomic E-state index is -4.38. The fourth-order valence-corrected chi connectivity index (χ4v) is 13.7. The first-order valence-electron chi connectivity index (χ1n) is 22.3. The fraction of sp³-hybridized carbons (Fsp3) is 0.404. The Morgan fingerprint density at radius 3 is 1.69 bits per heavy atom. The minimum absolute atomic E-state index is 0.111. The van der Waals surface area contributed by atoms with E-state index < -0.39 is 31.8 Å². The molecule has 2 fully saturated rings. The number of thiophene rings is 2. The molecule has 12 nitrogen and oxygen atoms in total. The number of alkyl halides is 3. The van der Waals surface area contributed by atoms with Gasteiger partial charge < -0.3 is 21.3 Å². The first kappa shape index (κ1) is 53.5. The van der Waals surface area contributed by atoms with E-state index in [1.165, 1.54) is 59.5 Å². The summed E-state index contributed by atoms with van der Waals surface area (Å²) in [4.78, 5) is 26.0. The van der Waals surface area contributed by atoms with Crippen LogP contribution in [0, 0.1) is 5.92 Å². The van der Waals surface area contributed by atoms with E-state index in [4.69, 9.17) is 23.2 Å². The molecule has 2 aromatic heterocycles. The summed E-state index contributed by atoms with van der Waals surface area (Å²) in [6, 6.07) is 24.5. The van der Waals surface area contributed by atoms with E-state index in [0.717, 1.165) is 47.9 Å². The van der Waals surface area contributed by atoms with Crippen LogP contribution in [0.4, 0.5) is 13.2 Å². The van der Waals surface area contributed by atoms with Gasteiger partial charge in [-0.3, -0.25) is 9.59 Å². The molecule has 3 aromatic carbocycles. The third-order valence-electron chi connectivity index (χ3n) is 11.4. The van der Waals surface area contributed by atoms with Crippen LogP contribution in [0.5, 0.6) is 0 Å². The second-order valence-corrected chi connectivity index (χ2v) is 24.1. The third-order valence-corrected chi connectivity index (χ3v) is 18.8. The van der Waals surface area contributed by atoms with E-state index in [1.807, 2.05) is 0 Å². The molecule has 0 radical (unpaired) electrons. The molecule has 4 heterocycles. The third kappa shape index (κ3) is 15.3. The highest BCUT2D eigenvalue weighted by atomic mass is 35.5. The highest BCUT2D eigenvalue weighted by Crippen LogP contribution is 2.31. The van der Waals surface area contributed by atoms with Gasteiger partial charge in [0.1, 0.15) is 8.42 Å². The summed E-state index contributed by atoms with van der Waals surface area (Å²) in [6.07, 6.45) is 2.02. The maximum atomic E-state index is 13.1. The Morgan fingerprint density at radius 1 is 0.662 bits per heavy atom. The van der Waals surface area contributed by atoms with Crippen LogP contribution >= 0.6 is 45.9 Å². The Bertz CT molecular complexity index is 2650. The largest absolute Gasteiger partial charge is 0.416 e. The summed E-state index contributed by atoms with van der Waals surface area (Å²) in [6.45, 7) is 6.62. The van der Waals surface area contributed by atoms with Gasteiger partial charge in [0.05, 0.1) is 18.7 Å². The van der Waals surface area contributed by atoms with Crippen molar-refractivity contribution in [3.8, 4) is 0 Å². The Balaban J connectivity index is 0.000000226. The van der Waals surface area contributed by atoms with Crippen molar-refractivity contribution in [2.45, 2.75) is 85.7 Å². The lowest BCUT2D eigenvalue weighted by Gasteiger charge is -2.16. The number of nitrogens with one attached hydrogen (secondary N) is 4. The minimum Gasteiger partial charge on any atom is -0.347 e. The van der Waals surface area contributed by atoms with Crippen molar-refractivity contribution in [2.24, 2.45) is 5.92 Å². The highest BCUT2D eigenvalue weighted by molar-refractivity contribution is 7.91. The number of hydrogen-bond donors (Lipinski definition) is 4. The van der Waals surface area contributed by atoms with Crippen LogP contribution in [-0.4, -0.2) is 82.6 Å². The average Bonchev–Trinajstić information content (AvgIpc) is 4.17. The zero-order valence-corrected chi connectivity index (χ0v) is 42.1. The summed E-state index contributed by atoms with van der Waals surface area (Å²) in [5, 5.41) is 13.4. The van der Waals surface area contributed by atoms with Crippen molar-refractivity contribution in [2.75, 3.05) is 39.3 Å². The van der Waals surface area contributed by atoms with Crippen molar-refractivity contribution >= 4 is 77.7 Å². The van der Waals surface area contributed by atoms with Crippen LogP contribution in [0.25, 0.3) is 0 Å². The number of nitrogens with zero attached hydrogens (tertiary/aromatic N) is 2. The van der Waals surface area contributed by atoms with Crippen LogP contribution in [0.3, 0.4) is 0 Å². The molecule has 2 aliphatic rings. The second kappa shape index (κ2) is 24.8. The molecule has 0 saturated carbocycles. The molecule has 2 saturated heterocycles. The Morgan fingerprint density at radius 2 is 1.18 bits per heavy atom. The van der Waals surface area contributed by atoms with E-state index >= 15 is 0 Å². The molecule has 1 unspecified atom stereocenters. The number of hydrogen-bond acceptors (Lipinski definition) is 10. The topological polar surface area (TPSA) is 157 Å². The molecular formula is C47H55Cl2F3N6O6S4. The Hall–Kier alpha value is -3.89. The Kier molecular flexibility index (Phi) is 19.5. The van der Waals surface area contributed by atoms with E-state index in [0.29, 0.717) is 74.3 Å². The molecule has 2 amide bonds. The number of rotatable bonds is 20. The number of amides is 2. The summed E-state index contributed by atoms with van der Waals surface area (Å²) >= 11 is 14.0. The van der Waals surface area contributed by atoms with Crippen LogP contribution in [-0.2, 0) is 45.9 Å². The predicted molar refractivity (Wildman–Crippen MR) is 263 cm³/mol. The molecule has 68 heavy (non-hydrogen) atoms. The molecule has 0 aliphatic carbocycles. The molecule has 7 rings (SSSR count). The molecule has 2 atom stereocenters. The number of carbonyl (C=O) groups excluding carboxylic acids is 2. The highest BCUT2D eigenvalue weighted by Gasteiger charge is 2.35. The molecule has 2 aliphatic heterocycles. The van der Waals surface area contributed by atoms with Crippen LogP contribution in [0.15, 0.2) is 105 Å². The summed E-state index contributed by atoms with van der Waals surface area (Å²) in [5.41, 5.74) is 0.952. The van der Waals surface area contributed by atoms with E-state index in [1.54, 1.807) is 71.0 Å². The van der Waals surface area contributed by atoms with Crippen LogP contribution in [0.2, 0.25) is 10.0 Å². The van der Waals surface area contributed by atoms with Gasteiger partial charge in [0.15, 0.2) is 0 Å². The number of sulfonamides is 2. The normalized spacial score (nSPS) is 16.9. The molecular weight excluding hydrogens is 1000 g/mol. The van der Waals surface area contributed by atoms with Crippen molar-refractivity contribution in [3.63, 3.8) is 0 Å². The lowest BCUT2D eigenvalue weighted by molar-refractivity contribution is -0.137. The van der Waals surface area contributed by atoms with Gasteiger partial charge in [0, 0.05) is 69.7 Å². The van der Waals surface area contributed by atoms with Gasteiger partial charge in [-0.05, 0) is 129 Å². The number of unbranched alkanes of at least 4 members (excludes halogenated alkanes) is 3. The van der Waals surface area contributed by atoms with Crippen molar-refractivity contribution < 1.29 is 39.6 Å². The molecule has 0 bridgehead atoms. The quantitative estimate of drug-likeness (QED) is 0.0562. The number of halogens is 5. The zero-order valence-electron chi connectivity index (χ0n) is 37.4. The SMILES string of the molecule is CCCCCCNC[C@H]1CCN(S(=O)(=O)c2ccc(CNC(=O)c3ccc(Cl)cc3)s2)C1.O=C(NCc1ccc(S(=O)(=O)N2CCC(NCc3ccc(C(F)(F)F)cc3)C2)s1)c1ccc(Cl)cc1. The monoisotopic (exact) mass is 1050 g/mol. The van der Waals surface area contributed by atoms with Crippen molar-refractivity contribution in [3.05, 3.63) is 139 Å². The van der Waals surface area contributed by atoms with E-state index in [-0.39, 0.29) is 41.7 Å². The summed E-state index contributed by atoms with van der Waals surface area (Å²) in [5.74, 6) is -0.149. The van der Waals surface area contributed by atoms with Gasteiger partial charge >= 0.3 is 6.18 Å². The number of carbonyl (C=O) groups is 2. The van der Waals surface area contributed by atoms with Gasteiger partial charge in [-0.1, -0.05) is 61.5 Å². The van der Waals surface area contributed by atoms with E-state index in [9.17, 15) is 39.6 Å². The van der Waals surface area contributed by atoms with Gasteiger partial charge in [0.2, 0.25) is 0 Å². The standard InChI is InChI=1S/C24H23ClF3N3O3S2.C23H32ClN3O3S2/c25-19-7-3-17(4-8-19)23(32)30-14-21-9-10-22(35-21)36(33,34)31-12-11-20(15-31)29-13-16-1-5-18(6-2-16)24(26,27)28;1-2-3-4-5-13-25-15-18-12-14-27(17-18)32(29,30)22-11-10-21(31-22)16-26-23(28)19-6-8-20(24)9-7-19/h1-10,20,29H,11-15H2,(H,30,32);6-11,18,25H,2-5,12-17H2,1H3,(H,26,28)/t;18-/m.1/s1. The van der Waals surface area contributed by atoms with Crippen LogP contribution < -0.4 is 21.3 Å². The first-order valence-corrected chi connectivity index (χ1v) is 27.5. The van der Waals surface area contributed by atoms with Crippen LogP contribution in [0.1, 0.15) is 87.0 Å². The zero-order chi connectivity index (χ0) is 48.9. The molecule has 4 N–H and O–H groups in total. The summed E-state index contributed by atoms with van der Waals surface area (Å²) < 4.78 is 93.9. The van der Waals surface area contributed by atoms with Crippen molar-refractivity contribution in [1.82, 2.24) is 29.9 Å². The summed E-state index contributed by atoms with van der Waals surface area (Å²) in [7, 11) is -7.18. The van der Waals surface area contributed by atoms with E-state index in [2.05, 4.69) is 28.2 Å². The van der Waals surface area contributed by atoms with Gasteiger partial charge in [-0.15, -0.1) is 22.7 Å². The second-order valence-electron chi connectivity index (χ2n) is 16.5. The molecule has 21 heteroatoms. The van der Waals surface area contributed by atoms with Gasteiger partial charge in [-0.25, -0.2) is 16.8 Å². The predicted octanol–water partition coefficient (Wildman–Crippen LogP) is 9.42. The van der Waals surface area contributed by atoms with Gasteiger partial charge in [0.25, 0.3) is 31.9 Å². The van der Waals surface area contributed by atoms with Crippen molar-refractivity contribution in [1.29, 1.82) is 0 Å². The molecule has 368 valence electrons. The maximum Gasteiger partial charge on any atom is 0.416 e. The first-order chi connectivity index (χ1) is 32.4. The smallest absolute Gasteiger partial charge is 0.347 e. The maximum absolute atomic E-state index is 13.1. The lowest BCUT2D eigenvalue weighted by Crippen LogP contribution is -2.34. The average molecular weight is 1060 g/mol. The van der Waals surface area contributed by atoms with Gasteiger partial charge in [-0.2, -0.15) is 21.8 Å².